The second-order valence-corrected chi connectivity index (χ2v) is 7.33. The van der Waals surface area contributed by atoms with Gasteiger partial charge in [0.15, 0.2) is 21.5 Å². The van der Waals surface area contributed by atoms with Gasteiger partial charge in [-0.25, -0.2) is 27.2 Å². The van der Waals surface area contributed by atoms with E-state index >= 15 is 0 Å². The molecule has 1 aliphatic rings. The Balaban J connectivity index is 1.95. The Bertz CT molecular complexity index is 795. The van der Waals surface area contributed by atoms with E-state index in [4.69, 9.17) is 0 Å². The lowest BCUT2D eigenvalue weighted by Crippen LogP contribution is -2.35. The van der Waals surface area contributed by atoms with Crippen LogP contribution in [0.25, 0.3) is 10.9 Å². The smallest absolute Gasteiger partial charge is 0.161 e. The first kappa shape index (κ1) is 14.1. The summed E-state index contributed by atoms with van der Waals surface area (Å²) in [4.78, 5) is 7.90. The fourth-order valence-electron chi connectivity index (χ4n) is 2.50. The van der Waals surface area contributed by atoms with Crippen molar-refractivity contribution in [2.75, 3.05) is 16.8 Å². The van der Waals surface area contributed by atoms with Crippen LogP contribution in [0.15, 0.2) is 18.5 Å². The molecule has 0 unspecified atom stereocenters. The van der Waals surface area contributed by atoms with Gasteiger partial charge in [0.1, 0.15) is 12.1 Å². The van der Waals surface area contributed by atoms with Crippen molar-refractivity contribution in [2.45, 2.75) is 18.9 Å². The molecule has 1 N–H and O–H groups in total. The highest BCUT2D eigenvalue weighted by Crippen LogP contribution is 2.24. The second kappa shape index (κ2) is 5.18. The number of benzene rings is 1. The van der Waals surface area contributed by atoms with Crippen LogP contribution in [0.4, 0.5) is 14.6 Å². The summed E-state index contributed by atoms with van der Waals surface area (Å²) in [5.74, 6) is -1.44. The molecule has 0 spiro atoms. The Hall–Kier alpha value is -1.83. The van der Waals surface area contributed by atoms with Crippen molar-refractivity contribution in [3.63, 3.8) is 0 Å². The molecule has 5 nitrogen and oxygen atoms in total. The summed E-state index contributed by atoms with van der Waals surface area (Å²) in [6, 6.07) is 1.73. The van der Waals surface area contributed by atoms with E-state index in [-0.39, 0.29) is 23.1 Å². The lowest BCUT2D eigenvalue weighted by atomic mass is 10.1. The number of hydrogen-bond donors (Lipinski definition) is 1. The Kier molecular flexibility index (Phi) is 3.48. The molecule has 0 saturated carbocycles. The third-order valence-corrected chi connectivity index (χ3v) is 5.30. The van der Waals surface area contributed by atoms with Gasteiger partial charge >= 0.3 is 0 Å². The van der Waals surface area contributed by atoms with Crippen LogP contribution in [0.5, 0.6) is 0 Å². The van der Waals surface area contributed by atoms with Gasteiger partial charge in [0.25, 0.3) is 0 Å². The molecule has 1 aromatic heterocycles. The average molecular weight is 313 g/mol. The molecule has 2 heterocycles. The third kappa shape index (κ3) is 2.94. The van der Waals surface area contributed by atoms with Crippen molar-refractivity contribution in [1.29, 1.82) is 0 Å². The van der Waals surface area contributed by atoms with Crippen LogP contribution >= 0.6 is 0 Å². The molecule has 0 aliphatic carbocycles. The van der Waals surface area contributed by atoms with Crippen molar-refractivity contribution in [3.8, 4) is 0 Å². The van der Waals surface area contributed by atoms with E-state index < -0.39 is 21.5 Å². The lowest BCUT2D eigenvalue weighted by Gasteiger charge is -2.23. The molecule has 0 amide bonds. The number of nitrogens with one attached hydrogen (secondary N) is 1. The first-order valence-corrected chi connectivity index (χ1v) is 8.33. The second-order valence-electron chi connectivity index (χ2n) is 5.10. The summed E-state index contributed by atoms with van der Waals surface area (Å²) in [5, 5.41) is 3.34. The highest BCUT2D eigenvalue weighted by molar-refractivity contribution is 7.91. The fourth-order valence-corrected chi connectivity index (χ4v) is 4.13. The van der Waals surface area contributed by atoms with E-state index in [0.29, 0.717) is 24.0 Å². The van der Waals surface area contributed by atoms with Gasteiger partial charge in [0.05, 0.1) is 17.0 Å². The van der Waals surface area contributed by atoms with E-state index in [0.717, 1.165) is 12.1 Å². The van der Waals surface area contributed by atoms with E-state index in [1.54, 1.807) is 0 Å². The van der Waals surface area contributed by atoms with Gasteiger partial charge < -0.3 is 5.32 Å². The first-order chi connectivity index (χ1) is 9.94. The van der Waals surface area contributed by atoms with Crippen LogP contribution in [-0.2, 0) is 9.84 Å². The predicted molar refractivity (Wildman–Crippen MR) is 74.8 cm³/mol. The van der Waals surface area contributed by atoms with E-state index in [1.165, 1.54) is 6.33 Å². The highest BCUT2D eigenvalue weighted by Gasteiger charge is 2.25. The molecule has 2 aromatic rings. The summed E-state index contributed by atoms with van der Waals surface area (Å²) in [5.41, 5.74) is 0.269. The van der Waals surface area contributed by atoms with Gasteiger partial charge in [0, 0.05) is 17.5 Å². The minimum absolute atomic E-state index is 0.0160. The number of nitrogens with zero attached hydrogens (tertiary/aromatic N) is 2. The van der Waals surface area contributed by atoms with Gasteiger partial charge in [-0.1, -0.05) is 0 Å². The normalized spacial score (nSPS) is 21.3. The highest BCUT2D eigenvalue weighted by atomic mass is 32.2. The minimum atomic E-state index is -3.06. The van der Waals surface area contributed by atoms with Gasteiger partial charge in [0.2, 0.25) is 0 Å². The zero-order valence-corrected chi connectivity index (χ0v) is 11.8. The fraction of sp³-hybridized carbons (Fsp3) is 0.385. The standard InChI is InChI=1S/C13H13F2N3O2S/c14-10-4-9-12(5-11(10)15)16-7-17-13(9)18-8-2-1-3-21(19,20)6-8/h4-5,7-8H,1-3,6H2,(H,16,17,18)/t8-/m0/s1. The maximum absolute atomic E-state index is 13.4. The maximum Gasteiger partial charge on any atom is 0.161 e. The molecule has 3 rings (SSSR count). The molecule has 1 aliphatic heterocycles. The SMILES string of the molecule is O=S1(=O)CCC[C@H](Nc2ncnc3cc(F)c(F)cc23)C1. The van der Waals surface area contributed by atoms with Crippen molar-refractivity contribution >= 4 is 26.6 Å². The van der Waals surface area contributed by atoms with Crippen LogP contribution < -0.4 is 5.32 Å². The zero-order chi connectivity index (χ0) is 15.0. The number of hydrogen-bond acceptors (Lipinski definition) is 5. The first-order valence-electron chi connectivity index (χ1n) is 6.51. The van der Waals surface area contributed by atoms with Gasteiger partial charge in [-0.15, -0.1) is 0 Å². The molecule has 8 heteroatoms. The molecule has 1 aromatic carbocycles. The molecule has 112 valence electrons. The van der Waals surface area contributed by atoms with Crippen molar-refractivity contribution < 1.29 is 17.2 Å². The number of sulfone groups is 1. The van der Waals surface area contributed by atoms with E-state index in [9.17, 15) is 17.2 Å². The Labute approximate surface area is 120 Å². The molecule has 0 radical (unpaired) electrons. The zero-order valence-electron chi connectivity index (χ0n) is 11.0. The molecular formula is C13H13F2N3O2S. The van der Waals surface area contributed by atoms with Gasteiger partial charge in [-0.05, 0) is 18.9 Å². The maximum atomic E-state index is 13.4. The van der Waals surface area contributed by atoms with Crippen molar-refractivity contribution in [3.05, 3.63) is 30.1 Å². The van der Waals surface area contributed by atoms with Crippen LogP contribution in [0.2, 0.25) is 0 Å². The molecule has 21 heavy (non-hydrogen) atoms. The molecule has 1 fully saturated rings. The van der Waals surface area contributed by atoms with Crippen molar-refractivity contribution in [1.82, 2.24) is 9.97 Å². The number of halogens is 2. The number of aromatic nitrogens is 2. The number of anilines is 1. The summed E-state index contributed by atoms with van der Waals surface area (Å²) >= 11 is 0. The molecule has 1 saturated heterocycles. The third-order valence-electron chi connectivity index (χ3n) is 3.48. The minimum Gasteiger partial charge on any atom is -0.366 e. The summed E-state index contributed by atoms with van der Waals surface area (Å²) in [6.45, 7) is 0. The van der Waals surface area contributed by atoms with E-state index in [2.05, 4.69) is 15.3 Å². The Morgan fingerprint density at radius 2 is 1.95 bits per heavy atom. The lowest BCUT2D eigenvalue weighted by molar-refractivity contribution is 0.510. The number of fused-ring (bicyclic) bond motifs is 1. The van der Waals surface area contributed by atoms with Crippen LogP contribution in [0.1, 0.15) is 12.8 Å². The van der Waals surface area contributed by atoms with Crippen LogP contribution in [0, 0.1) is 11.6 Å². The van der Waals surface area contributed by atoms with Crippen molar-refractivity contribution in [2.24, 2.45) is 0 Å². The number of rotatable bonds is 2. The molecular weight excluding hydrogens is 300 g/mol. The summed E-state index contributed by atoms with van der Waals surface area (Å²) in [6.07, 6.45) is 2.50. The van der Waals surface area contributed by atoms with E-state index in [1.807, 2.05) is 0 Å². The quantitative estimate of drug-likeness (QED) is 0.917. The average Bonchev–Trinajstić information content (AvgIpc) is 2.40. The predicted octanol–water partition coefficient (Wildman–Crippen LogP) is 1.90. The monoisotopic (exact) mass is 313 g/mol. The summed E-state index contributed by atoms with van der Waals surface area (Å²) in [7, 11) is -3.06. The van der Waals surface area contributed by atoms with Gasteiger partial charge in [-0.3, -0.25) is 0 Å². The Morgan fingerprint density at radius 1 is 1.19 bits per heavy atom. The molecule has 1 atom stereocenters. The van der Waals surface area contributed by atoms with Crippen LogP contribution in [-0.4, -0.2) is 35.9 Å². The topological polar surface area (TPSA) is 72.0 Å². The molecule has 0 bridgehead atoms. The van der Waals surface area contributed by atoms with Gasteiger partial charge in [-0.2, -0.15) is 0 Å². The largest absolute Gasteiger partial charge is 0.366 e. The Morgan fingerprint density at radius 3 is 2.71 bits per heavy atom. The van der Waals surface area contributed by atoms with Crippen LogP contribution in [0.3, 0.4) is 0 Å². The summed E-state index contributed by atoms with van der Waals surface area (Å²) < 4.78 is 49.8.